The first-order valence-electron chi connectivity index (χ1n) is 5.02. The standard InChI is InChI=1S/C10H11N5O2/c1-7-9(8(2)17-6-16)3-4-10(12-7)15-5-11-13-14-15/h3-6,8H,1-2H3. The molecule has 0 spiro atoms. The van der Waals surface area contributed by atoms with Crippen LogP contribution < -0.4 is 0 Å². The second-order valence-corrected chi connectivity index (χ2v) is 3.47. The molecule has 1 atom stereocenters. The number of aromatic nitrogens is 5. The molecule has 2 aromatic heterocycles. The molecule has 2 rings (SSSR count). The van der Waals surface area contributed by atoms with Crippen molar-refractivity contribution in [1.29, 1.82) is 0 Å². The zero-order valence-corrected chi connectivity index (χ0v) is 9.44. The molecule has 0 N–H and O–H groups in total. The van der Waals surface area contributed by atoms with Crippen LogP contribution in [0.5, 0.6) is 0 Å². The fraction of sp³-hybridized carbons (Fsp3) is 0.300. The minimum atomic E-state index is -0.317. The summed E-state index contributed by atoms with van der Waals surface area (Å²) >= 11 is 0. The fourth-order valence-electron chi connectivity index (χ4n) is 1.54. The molecule has 0 aliphatic carbocycles. The van der Waals surface area contributed by atoms with E-state index in [9.17, 15) is 4.79 Å². The van der Waals surface area contributed by atoms with Crippen LogP contribution in [-0.4, -0.2) is 31.7 Å². The van der Waals surface area contributed by atoms with E-state index in [2.05, 4.69) is 20.5 Å². The molecule has 0 fully saturated rings. The van der Waals surface area contributed by atoms with Crippen molar-refractivity contribution in [1.82, 2.24) is 25.2 Å². The second kappa shape index (κ2) is 4.69. The van der Waals surface area contributed by atoms with Gasteiger partial charge in [0.25, 0.3) is 6.47 Å². The normalized spacial score (nSPS) is 12.1. The topological polar surface area (TPSA) is 82.8 Å². The van der Waals surface area contributed by atoms with Gasteiger partial charge in [-0.15, -0.1) is 5.10 Å². The lowest BCUT2D eigenvalue weighted by molar-refractivity contribution is -0.133. The number of carbonyl (C=O) groups is 1. The molecule has 0 radical (unpaired) electrons. The predicted octanol–water partition coefficient (Wildman–Crippen LogP) is 0.600. The van der Waals surface area contributed by atoms with Crippen LogP contribution in [0.2, 0.25) is 0 Å². The van der Waals surface area contributed by atoms with Gasteiger partial charge in [0.05, 0.1) is 0 Å². The van der Waals surface area contributed by atoms with E-state index in [0.717, 1.165) is 11.3 Å². The Labute approximate surface area is 97.4 Å². The highest BCUT2D eigenvalue weighted by Gasteiger charge is 2.11. The molecule has 0 aliphatic heterocycles. The maximum Gasteiger partial charge on any atom is 0.293 e. The van der Waals surface area contributed by atoms with Gasteiger partial charge < -0.3 is 4.74 Å². The van der Waals surface area contributed by atoms with Crippen molar-refractivity contribution in [3.05, 3.63) is 29.7 Å². The van der Waals surface area contributed by atoms with Gasteiger partial charge in [0.15, 0.2) is 5.82 Å². The number of tetrazole rings is 1. The Balaban J connectivity index is 2.32. The van der Waals surface area contributed by atoms with E-state index in [4.69, 9.17) is 4.74 Å². The van der Waals surface area contributed by atoms with Crippen molar-refractivity contribution in [2.75, 3.05) is 0 Å². The van der Waals surface area contributed by atoms with E-state index in [1.54, 1.807) is 13.0 Å². The van der Waals surface area contributed by atoms with Gasteiger partial charge in [-0.05, 0) is 36.4 Å². The Bertz CT molecular complexity index is 511. The van der Waals surface area contributed by atoms with E-state index in [-0.39, 0.29) is 6.10 Å². The predicted molar refractivity (Wildman–Crippen MR) is 57.3 cm³/mol. The lowest BCUT2D eigenvalue weighted by Crippen LogP contribution is -2.06. The average molecular weight is 233 g/mol. The zero-order valence-electron chi connectivity index (χ0n) is 9.44. The van der Waals surface area contributed by atoms with Crippen LogP contribution in [0, 0.1) is 6.92 Å². The van der Waals surface area contributed by atoms with Crippen LogP contribution >= 0.6 is 0 Å². The summed E-state index contributed by atoms with van der Waals surface area (Å²) in [5, 5.41) is 10.8. The molecule has 2 heterocycles. The summed E-state index contributed by atoms with van der Waals surface area (Å²) in [5.41, 5.74) is 1.63. The third-order valence-electron chi connectivity index (χ3n) is 2.39. The number of hydrogen-bond acceptors (Lipinski definition) is 6. The summed E-state index contributed by atoms with van der Waals surface area (Å²) in [4.78, 5) is 14.6. The van der Waals surface area contributed by atoms with Gasteiger partial charge in [0, 0.05) is 11.3 Å². The van der Waals surface area contributed by atoms with Gasteiger partial charge in [-0.2, -0.15) is 4.68 Å². The lowest BCUT2D eigenvalue weighted by Gasteiger charge is -2.12. The minimum absolute atomic E-state index is 0.317. The Hall–Kier alpha value is -2.31. The molecular formula is C10H11N5O2. The first kappa shape index (κ1) is 11.2. The van der Waals surface area contributed by atoms with Crippen molar-refractivity contribution < 1.29 is 9.53 Å². The quantitative estimate of drug-likeness (QED) is 0.719. The Morgan fingerprint density at radius 1 is 1.47 bits per heavy atom. The van der Waals surface area contributed by atoms with Crippen LogP contribution in [0.3, 0.4) is 0 Å². The smallest absolute Gasteiger partial charge is 0.293 e. The van der Waals surface area contributed by atoms with Gasteiger partial charge in [0.1, 0.15) is 12.4 Å². The Kier molecular flexibility index (Phi) is 3.08. The molecule has 0 aliphatic rings. The van der Waals surface area contributed by atoms with E-state index < -0.39 is 0 Å². The number of carbonyl (C=O) groups excluding carboxylic acids is 1. The average Bonchev–Trinajstić information content (AvgIpc) is 2.82. The van der Waals surface area contributed by atoms with Crippen LogP contribution in [-0.2, 0) is 9.53 Å². The number of hydrogen-bond donors (Lipinski definition) is 0. The molecule has 17 heavy (non-hydrogen) atoms. The summed E-state index contributed by atoms with van der Waals surface area (Å²) < 4.78 is 6.33. The van der Waals surface area contributed by atoms with Crippen LogP contribution in [0.15, 0.2) is 18.5 Å². The number of aryl methyl sites for hydroxylation is 1. The van der Waals surface area contributed by atoms with Gasteiger partial charge in [-0.1, -0.05) is 0 Å². The Morgan fingerprint density at radius 2 is 2.29 bits per heavy atom. The first-order chi connectivity index (χ1) is 8.22. The fourth-order valence-corrected chi connectivity index (χ4v) is 1.54. The Morgan fingerprint density at radius 3 is 2.88 bits per heavy atom. The highest BCUT2D eigenvalue weighted by atomic mass is 16.5. The first-order valence-corrected chi connectivity index (χ1v) is 5.02. The van der Waals surface area contributed by atoms with Crippen LogP contribution in [0.1, 0.15) is 24.3 Å². The number of ether oxygens (including phenoxy) is 1. The monoisotopic (exact) mass is 233 g/mol. The number of rotatable bonds is 4. The third kappa shape index (κ3) is 2.27. The number of nitrogens with zero attached hydrogens (tertiary/aromatic N) is 5. The zero-order chi connectivity index (χ0) is 12.3. The summed E-state index contributed by atoms with van der Waals surface area (Å²) in [6.45, 7) is 4.06. The van der Waals surface area contributed by atoms with Crippen LogP contribution in [0.4, 0.5) is 0 Å². The van der Waals surface area contributed by atoms with Crippen molar-refractivity contribution in [2.24, 2.45) is 0 Å². The summed E-state index contributed by atoms with van der Waals surface area (Å²) in [6, 6.07) is 3.61. The van der Waals surface area contributed by atoms with Gasteiger partial charge >= 0.3 is 0 Å². The van der Waals surface area contributed by atoms with E-state index in [1.165, 1.54) is 11.0 Å². The molecule has 7 nitrogen and oxygen atoms in total. The summed E-state index contributed by atoms with van der Waals surface area (Å²) in [5.74, 6) is 0.620. The molecule has 0 bridgehead atoms. The molecule has 2 aromatic rings. The van der Waals surface area contributed by atoms with E-state index in [0.29, 0.717) is 12.3 Å². The molecule has 0 saturated heterocycles. The van der Waals surface area contributed by atoms with Crippen molar-refractivity contribution >= 4 is 6.47 Å². The third-order valence-corrected chi connectivity index (χ3v) is 2.39. The van der Waals surface area contributed by atoms with Crippen LogP contribution in [0.25, 0.3) is 5.82 Å². The molecule has 0 saturated carbocycles. The minimum Gasteiger partial charge on any atom is -0.460 e. The van der Waals surface area contributed by atoms with Gasteiger partial charge in [0.2, 0.25) is 0 Å². The van der Waals surface area contributed by atoms with Crippen molar-refractivity contribution in [3.63, 3.8) is 0 Å². The summed E-state index contributed by atoms with van der Waals surface area (Å²) in [7, 11) is 0. The maximum absolute atomic E-state index is 10.3. The molecule has 0 aromatic carbocycles. The van der Waals surface area contributed by atoms with E-state index in [1.807, 2.05) is 13.0 Å². The largest absolute Gasteiger partial charge is 0.460 e. The SMILES string of the molecule is Cc1nc(-n2cnnn2)ccc1C(C)OC=O. The van der Waals surface area contributed by atoms with Crippen molar-refractivity contribution in [2.45, 2.75) is 20.0 Å². The second-order valence-electron chi connectivity index (χ2n) is 3.47. The van der Waals surface area contributed by atoms with Gasteiger partial charge in [-0.3, -0.25) is 4.79 Å². The molecule has 0 amide bonds. The molecule has 7 heteroatoms. The molecule has 88 valence electrons. The highest BCUT2D eigenvalue weighted by molar-refractivity contribution is 5.39. The number of pyridine rings is 1. The highest BCUT2D eigenvalue weighted by Crippen LogP contribution is 2.19. The van der Waals surface area contributed by atoms with E-state index >= 15 is 0 Å². The maximum atomic E-state index is 10.3. The lowest BCUT2D eigenvalue weighted by atomic mass is 10.1. The molecule has 1 unspecified atom stereocenters. The molecular weight excluding hydrogens is 222 g/mol. The van der Waals surface area contributed by atoms with Crippen molar-refractivity contribution in [3.8, 4) is 5.82 Å². The van der Waals surface area contributed by atoms with Gasteiger partial charge in [-0.25, -0.2) is 4.98 Å². The summed E-state index contributed by atoms with van der Waals surface area (Å²) in [6.07, 6.45) is 1.15.